The number of hydrogen-bond donors (Lipinski definition) is 0. The van der Waals surface area contributed by atoms with Crippen LogP contribution in [0.3, 0.4) is 0 Å². The van der Waals surface area contributed by atoms with Gasteiger partial charge in [0, 0.05) is 27.2 Å². The van der Waals surface area contributed by atoms with Crippen molar-refractivity contribution in [3.63, 3.8) is 0 Å². The van der Waals surface area contributed by atoms with Gasteiger partial charge in [0.1, 0.15) is 0 Å². The van der Waals surface area contributed by atoms with Crippen LogP contribution in [-0.2, 0) is 12.7 Å². The number of para-hydroxylation sites is 2. The number of benzene rings is 2. The molecule has 0 aromatic heterocycles. The summed E-state index contributed by atoms with van der Waals surface area (Å²) < 4.78 is 0. The molecule has 1 fully saturated rings. The van der Waals surface area contributed by atoms with Crippen LogP contribution in [-0.4, -0.2) is 48.7 Å². The van der Waals surface area contributed by atoms with Gasteiger partial charge in [-0.2, -0.15) is 0 Å². The first-order chi connectivity index (χ1) is 13.8. The van der Waals surface area contributed by atoms with Crippen molar-refractivity contribution in [1.29, 1.82) is 0 Å². The molecule has 1 aliphatic heterocycles. The normalized spacial score (nSPS) is 17.0. The Labute approximate surface area is 189 Å². The Morgan fingerprint density at radius 3 is 1.24 bits per heavy atom. The minimum atomic E-state index is 0.569. The molecule has 0 aliphatic carbocycles. The molecule has 0 N–H and O–H groups in total. The molecule has 0 bridgehead atoms. The fourth-order valence-electron chi connectivity index (χ4n) is 3.30. The molecule has 0 radical (unpaired) electrons. The van der Waals surface area contributed by atoms with Gasteiger partial charge in [-0.3, -0.25) is 0 Å². The van der Waals surface area contributed by atoms with E-state index in [1.54, 1.807) is 0 Å². The van der Waals surface area contributed by atoms with E-state index in [0.717, 1.165) is 36.1 Å². The fourth-order valence-corrected chi connectivity index (χ4v) is 3.30. The zero-order chi connectivity index (χ0) is 21.6. The van der Waals surface area contributed by atoms with Gasteiger partial charge in [-0.05, 0) is 49.9 Å². The van der Waals surface area contributed by atoms with Crippen molar-refractivity contribution in [3.05, 3.63) is 58.7 Å². The number of hydrogen-bond acceptors (Lipinski definition) is 2. The van der Waals surface area contributed by atoms with Crippen molar-refractivity contribution < 1.29 is 12.7 Å². The van der Waals surface area contributed by atoms with Crippen LogP contribution in [0.4, 0.5) is 11.4 Å². The predicted molar refractivity (Wildman–Crippen MR) is 123 cm³/mol. The summed E-state index contributed by atoms with van der Waals surface area (Å²) in [7, 11) is 13.6. The summed E-state index contributed by atoms with van der Waals surface area (Å²) >= 11 is 0.569. The predicted octanol–water partition coefficient (Wildman–Crippen LogP) is 5.93. The van der Waals surface area contributed by atoms with Gasteiger partial charge in [0.25, 0.3) is 0 Å². The number of piperazine rings is 1. The molecule has 7 heteroatoms. The molecule has 0 atom stereocenters. The number of aryl methyl sites for hydroxylation is 4. The third-order valence-corrected chi connectivity index (χ3v) is 5.01. The van der Waals surface area contributed by atoms with Crippen molar-refractivity contribution in [2.75, 3.05) is 27.2 Å². The summed E-state index contributed by atoms with van der Waals surface area (Å²) in [5.41, 5.74) is 6.82. The number of rotatable bonds is 2. The molecule has 4 nitrogen and oxygen atoms in total. The number of halogens is 2. The Morgan fingerprint density at radius 2 is 0.966 bits per heavy atom. The second-order valence-corrected chi connectivity index (χ2v) is 8.87. The minimum absolute atomic E-state index is 0.569. The van der Waals surface area contributed by atoms with Gasteiger partial charge < -0.3 is 9.80 Å². The third-order valence-electron chi connectivity index (χ3n) is 5.01. The van der Waals surface area contributed by atoms with Crippen molar-refractivity contribution in [3.8, 4) is 0 Å². The summed E-state index contributed by atoms with van der Waals surface area (Å²) in [5.74, 6) is 1.86. The van der Waals surface area contributed by atoms with Gasteiger partial charge >= 0.3 is 33.0 Å². The SMILES string of the molecule is Cc1cccc(C)c1N=C1C(=Nc2c(C)cccc2C)N(C)CCN1C.[Cl][Ni][Cl]. The van der Waals surface area contributed by atoms with E-state index in [1.807, 2.05) is 0 Å². The van der Waals surface area contributed by atoms with Crippen LogP contribution in [0, 0.1) is 27.7 Å². The maximum atomic E-state index is 5.06. The van der Waals surface area contributed by atoms with Crippen LogP contribution in [0.15, 0.2) is 46.4 Å². The monoisotopic (exact) mass is 476 g/mol. The zero-order valence-corrected chi connectivity index (χ0v) is 20.2. The zero-order valence-electron chi connectivity index (χ0n) is 17.7. The quantitative estimate of drug-likeness (QED) is 0.501. The standard InChI is InChI=1S/C22H28N4.2ClH.Ni/c1-15-9-7-10-16(2)19(15)23-21-22(26(6)14-13-25(21)5)24-20-17(3)11-8-12-18(20)4;;;/h7-12H,13-14H2,1-6H3;2*1H;/q;;;+2/p-2. The first-order valence-corrected chi connectivity index (χ1v) is 12.1. The van der Waals surface area contributed by atoms with E-state index in [4.69, 9.17) is 30.4 Å². The topological polar surface area (TPSA) is 31.2 Å². The Balaban J connectivity index is 0.000000941. The molecule has 1 aliphatic rings. The van der Waals surface area contributed by atoms with Crippen LogP contribution >= 0.6 is 20.4 Å². The summed E-state index contributed by atoms with van der Waals surface area (Å²) in [6.07, 6.45) is 0. The number of nitrogens with zero attached hydrogens (tertiary/aromatic N) is 4. The second-order valence-electron chi connectivity index (χ2n) is 7.24. The summed E-state index contributed by atoms with van der Waals surface area (Å²) in [6, 6.07) is 12.6. The van der Waals surface area contributed by atoms with Crippen molar-refractivity contribution in [2.24, 2.45) is 9.98 Å². The molecule has 1 saturated heterocycles. The van der Waals surface area contributed by atoms with Gasteiger partial charge in [0.2, 0.25) is 0 Å². The summed E-state index contributed by atoms with van der Waals surface area (Å²) in [5, 5.41) is 0. The van der Waals surface area contributed by atoms with Gasteiger partial charge in [-0.15, -0.1) is 0 Å². The molecule has 0 spiro atoms. The van der Waals surface area contributed by atoms with Gasteiger partial charge in [-0.25, -0.2) is 9.98 Å². The average molecular weight is 478 g/mol. The molecule has 2 aromatic carbocycles. The van der Waals surface area contributed by atoms with Crippen LogP contribution in [0.2, 0.25) is 0 Å². The molecule has 1 heterocycles. The summed E-state index contributed by atoms with van der Waals surface area (Å²) in [6.45, 7) is 10.3. The van der Waals surface area contributed by atoms with Crippen molar-refractivity contribution >= 4 is 43.4 Å². The second kappa shape index (κ2) is 11.0. The molecule has 2 aromatic rings. The van der Waals surface area contributed by atoms with E-state index in [0.29, 0.717) is 12.7 Å². The third kappa shape index (κ3) is 5.97. The molecule has 29 heavy (non-hydrogen) atoms. The molecule has 3 rings (SSSR count). The van der Waals surface area contributed by atoms with Crippen LogP contribution in [0.5, 0.6) is 0 Å². The van der Waals surface area contributed by atoms with Crippen LogP contribution < -0.4 is 0 Å². The molecule has 0 amide bonds. The Kier molecular flexibility index (Phi) is 9.01. The van der Waals surface area contributed by atoms with E-state index in [2.05, 4.69) is 88.0 Å². The van der Waals surface area contributed by atoms with E-state index in [1.165, 1.54) is 22.3 Å². The first-order valence-electron chi connectivity index (χ1n) is 9.35. The van der Waals surface area contributed by atoms with Crippen molar-refractivity contribution in [2.45, 2.75) is 27.7 Å². The Bertz CT molecular complexity index is 798. The van der Waals surface area contributed by atoms with Gasteiger partial charge in [-0.1, -0.05) is 36.4 Å². The number of amidine groups is 2. The molecule has 0 unspecified atom stereocenters. The van der Waals surface area contributed by atoms with Gasteiger partial charge in [0.05, 0.1) is 11.4 Å². The van der Waals surface area contributed by atoms with Crippen LogP contribution in [0.1, 0.15) is 22.3 Å². The van der Waals surface area contributed by atoms with E-state index in [9.17, 15) is 0 Å². The van der Waals surface area contributed by atoms with Crippen molar-refractivity contribution in [1.82, 2.24) is 9.80 Å². The van der Waals surface area contributed by atoms with Gasteiger partial charge in [0.15, 0.2) is 11.7 Å². The van der Waals surface area contributed by atoms with Crippen LogP contribution in [0.25, 0.3) is 0 Å². The van der Waals surface area contributed by atoms with E-state index < -0.39 is 0 Å². The molecular weight excluding hydrogens is 450 g/mol. The maximum absolute atomic E-state index is 5.06. The Hall–Kier alpha value is -1.55. The van der Waals surface area contributed by atoms with E-state index >= 15 is 0 Å². The summed E-state index contributed by atoms with van der Waals surface area (Å²) in [4.78, 5) is 14.5. The molecular formula is C22H28Cl2N4Ni. The molecule has 0 saturated carbocycles. The fraction of sp³-hybridized carbons (Fsp3) is 0.364. The average Bonchev–Trinajstić information content (AvgIpc) is 2.66. The Morgan fingerprint density at radius 1 is 0.690 bits per heavy atom. The van der Waals surface area contributed by atoms with E-state index in [-0.39, 0.29) is 0 Å². The number of likely N-dealkylation sites (N-methyl/N-ethyl adjacent to an activating group) is 2. The first kappa shape index (κ1) is 23.7. The number of aliphatic imine (C=N–C) groups is 2. The molecule has 160 valence electrons.